The fraction of sp³-hybridized carbons (Fsp3) is 0.448. The number of amides is 1. The highest BCUT2D eigenvalue weighted by molar-refractivity contribution is 7.47. The van der Waals surface area contributed by atoms with Gasteiger partial charge in [0.1, 0.15) is 22.1 Å². The van der Waals surface area contributed by atoms with Gasteiger partial charge in [-0.15, -0.1) is 11.3 Å². The summed E-state index contributed by atoms with van der Waals surface area (Å²) < 4.78 is 68.3. The van der Waals surface area contributed by atoms with Gasteiger partial charge < -0.3 is 24.4 Å². The molecule has 2 N–H and O–H groups in total. The van der Waals surface area contributed by atoms with Gasteiger partial charge in [-0.25, -0.2) is 32.9 Å². The summed E-state index contributed by atoms with van der Waals surface area (Å²) >= 11 is 1.12. The molecule has 4 aromatic rings. The maximum Gasteiger partial charge on any atom is 0.510 e. The van der Waals surface area contributed by atoms with Crippen molar-refractivity contribution in [2.45, 2.75) is 71.4 Å². The topological polar surface area (TPSA) is 191 Å². The van der Waals surface area contributed by atoms with Gasteiger partial charge in [0.15, 0.2) is 12.5 Å². The number of nitrogens with zero attached hydrogens (tertiary/aromatic N) is 6. The number of phosphoric ester groups is 1. The Morgan fingerprint density at radius 3 is 2.63 bits per heavy atom. The van der Waals surface area contributed by atoms with E-state index in [1.807, 2.05) is 6.92 Å². The second kappa shape index (κ2) is 16.1. The third kappa shape index (κ3) is 9.74. The molecule has 4 heterocycles. The normalized spacial score (nSPS) is 17.5. The Hall–Kier alpha value is -4.13. The van der Waals surface area contributed by atoms with Crippen LogP contribution in [0.1, 0.15) is 63.0 Å². The van der Waals surface area contributed by atoms with E-state index in [0.717, 1.165) is 49.2 Å². The minimum Gasteiger partial charge on any atom is -0.432 e. The first-order valence-electron chi connectivity index (χ1n) is 15.2. The van der Waals surface area contributed by atoms with Crippen molar-refractivity contribution in [3.8, 4) is 22.0 Å². The molecule has 264 valence electrons. The van der Waals surface area contributed by atoms with E-state index in [4.69, 9.17) is 14.0 Å². The zero-order chi connectivity index (χ0) is 35.1. The van der Waals surface area contributed by atoms with Crippen LogP contribution in [0.25, 0.3) is 22.0 Å². The monoisotopic (exact) mass is 725 g/mol. The van der Waals surface area contributed by atoms with Gasteiger partial charge in [-0.1, -0.05) is 0 Å². The highest BCUT2D eigenvalue weighted by Crippen LogP contribution is 2.43. The Morgan fingerprint density at radius 1 is 1.12 bits per heavy atom. The first-order valence-corrected chi connectivity index (χ1v) is 17.6. The van der Waals surface area contributed by atoms with Crippen LogP contribution in [0.4, 0.5) is 19.3 Å². The van der Waals surface area contributed by atoms with Gasteiger partial charge in [0.2, 0.25) is 12.7 Å². The number of carbonyl (C=O) groups is 2. The van der Waals surface area contributed by atoms with E-state index in [1.54, 1.807) is 24.7 Å². The molecule has 4 aromatic heterocycles. The molecule has 0 radical (unpaired) electrons. The number of ether oxygens (including phenoxy) is 3. The highest BCUT2D eigenvalue weighted by atomic mass is 32.1. The number of hydrogen-bond acceptors (Lipinski definition) is 13. The number of pyridine rings is 1. The molecule has 1 unspecified atom stereocenters. The summed E-state index contributed by atoms with van der Waals surface area (Å²) in [6.07, 6.45) is 6.18. The van der Waals surface area contributed by atoms with Gasteiger partial charge in [0.25, 0.3) is 5.91 Å². The van der Waals surface area contributed by atoms with Crippen LogP contribution in [0.2, 0.25) is 0 Å². The lowest BCUT2D eigenvalue weighted by Crippen LogP contribution is -2.24. The maximum absolute atomic E-state index is 14.8. The van der Waals surface area contributed by atoms with E-state index in [9.17, 15) is 27.8 Å². The lowest BCUT2D eigenvalue weighted by molar-refractivity contribution is -0.0223. The van der Waals surface area contributed by atoms with Crippen LogP contribution in [0.15, 0.2) is 36.1 Å². The summed E-state index contributed by atoms with van der Waals surface area (Å²) in [7, 11) is -4.62. The van der Waals surface area contributed by atoms with Crippen molar-refractivity contribution in [1.29, 1.82) is 0 Å². The zero-order valence-electron chi connectivity index (χ0n) is 26.7. The molecule has 0 spiro atoms. The summed E-state index contributed by atoms with van der Waals surface area (Å²) in [6.45, 7) is 4.38. The van der Waals surface area contributed by atoms with Crippen LogP contribution in [-0.2, 0) is 34.6 Å². The van der Waals surface area contributed by atoms with Crippen molar-refractivity contribution in [2.75, 3.05) is 18.7 Å². The number of rotatable bonds is 14. The molecule has 0 saturated heterocycles. The lowest BCUT2D eigenvalue weighted by atomic mass is 9.93. The average molecular weight is 726 g/mol. The number of hydrogen-bond donors (Lipinski definition) is 2. The van der Waals surface area contributed by atoms with Crippen LogP contribution in [0.5, 0.6) is 0 Å². The number of nitrogens with one attached hydrogen (secondary N) is 1. The smallest absolute Gasteiger partial charge is 0.432 e. The van der Waals surface area contributed by atoms with Gasteiger partial charge in [0, 0.05) is 29.9 Å². The molecule has 49 heavy (non-hydrogen) atoms. The summed E-state index contributed by atoms with van der Waals surface area (Å²) in [5.74, 6) is -2.33. The summed E-state index contributed by atoms with van der Waals surface area (Å²) in [6, 6.07) is 1.80. The Labute approximate surface area is 282 Å². The zero-order valence-corrected chi connectivity index (χ0v) is 28.4. The SMILES string of the molecule is CCOC1CCC(n2cc(NC(=O)c3csc(-c4cnn(COP(=O)(O)OCOC(=O)OC(C)C)c4)n3)c(-c3nc(F)ccc3F)n2)CC1. The van der Waals surface area contributed by atoms with Crippen LogP contribution < -0.4 is 5.32 Å². The van der Waals surface area contributed by atoms with Gasteiger partial charge >= 0.3 is 14.0 Å². The third-order valence-electron chi connectivity index (χ3n) is 7.13. The van der Waals surface area contributed by atoms with E-state index < -0.39 is 51.3 Å². The summed E-state index contributed by atoms with van der Waals surface area (Å²) in [5.41, 5.74) is 0.248. The number of carbonyl (C=O) groups excluding carboxylic acids is 2. The number of aromatic nitrogens is 6. The molecule has 0 aromatic carbocycles. The van der Waals surface area contributed by atoms with E-state index in [1.165, 1.54) is 22.5 Å². The first kappa shape index (κ1) is 36.2. The van der Waals surface area contributed by atoms with Crippen molar-refractivity contribution in [2.24, 2.45) is 0 Å². The molecule has 16 nitrogen and oxygen atoms in total. The maximum atomic E-state index is 14.8. The molecule has 1 fully saturated rings. The first-order chi connectivity index (χ1) is 23.4. The Balaban J connectivity index is 1.24. The molecule has 1 aliphatic carbocycles. The molecule has 1 saturated carbocycles. The predicted molar refractivity (Wildman–Crippen MR) is 169 cm³/mol. The van der Waals surface area contributed by atoms with Crippen LogP contribution in [0, 0.1) is 11.8 Å². The van der Waals surface area contributed by atoms with E-state index in [2.05, 4.69) is 34.7 Å². The minimum atomic E-state index is -4.62. The summed E-state index contributed by atoms with van der Waals surface area (Å²) in [4.78, 5) is 42.6. The van der Waals surface area contributed by atoms with Gasteiger partial charge in [0.05, 0.1) is 30.1 Å². The van der Waals surface area contributed by atoms with E-state index in [-0.39, 0.29) is 34.9 Å². The largest absolute Gasteiger partial charge is 0.510 e. The predicted octanol–water partition coefficient (Wildman–Crippen LogP) is 5.93. The quantitative estimate of drug-likeness (QED) is 0.0674. The molecule has 0 aliphatic heterocycles. The third-order valence-corrected chi connectivity index (χ3v) is 8.90. The van der Waals surface area contributed by atoms with Gasteiger partial charge in [-0.2, -0.15) is 14.6 Å². The number of anilines is 1. The molecule has 20 heteroatoms. The lowest BCUT2D eigenvalue weighted by Gasteiger charge is -2.28. The molecular weight excluding hydrogens is 691 g/mol. The van der Waals surface area contributed by atoms with Crippen LogP contribution in [-0.4, -0.2) is 72.1 Å². The molecule has 1 aliphatic rings. The number of phosphoric acid groups is 1. The van der Waals surface area contributed by atoms with Crippen molar-refractivity contribution < 1.29 is 51.1 Å². The fourth-order valence-corrected chi connectivity index (χ4v) is 6.22. The fourth-order valence-electron chi connectivity index (χ4n) is 4.92. The van der Waals surface area contributed by atoms with Crippen molar-refractivity contribution in [1.82, 2.24) is 29.5 Å². The highest BCUT2D eigenvalue weighted by Gasteiger charge is 2.27. The molecule has 1 atom stereocenters. The van der Waals surface area contributed by atoms with Crippen molar-refractivity contribution in [3.05, 3.63) is 53.6 Å². The molecule has 1 amide bonds. The van der Waals surface area contributed by atoms with Crippen LogP contribution >= 0.6 is 19.2 Å². The van der Waals surface area contributed by atoms with Gasteiger partial charge in [-0.05, 0) is 58.6 Å². The Morgan fingerprint density at radius 2 is 1.90 bits per heavy atom. The van der Waals surface area contributed by atoms with E-state index in [0.29, 0.717) is 17.2 Å². The van der Waals surface area contributed by atoms with Crippen LogP contribution in [0.3, 0.4) is 0 Å². The molecular formula is C29H34F2N7O9PS. The number of thiazole rings is 1. The molecule has 0 bridgehead atoms. The van der Waals surface area contributed by atoms with E-state index >= 15 is 0 Å². The van der Waals surface area contributed by atoms with Gasteiger partial charge in [-0.3, -0.25) is 14.0 Å². The average Bonchev–Trinajstić information content (AvgIpc) is 3.82. The van der Waals surface area contributed by atoms with Crippen molar-refractivity contribution >= 4 is 36.9 Å². The Kier molecular flexibility index (Phi) is 11.8. The number of halogens is 2. The molecule has 5 rings (SSSR count). The van der Waals surface area contributed by atoms with Crippen molar-refractivity contribution in [3.63, 3.8) is 0 Å². The summed E-state index contributed by atoms with van der Waals surface area (Å²) in [5, 5.41) is 13.2. The minimum absolute atomic E-state index is 0.0249. The second-order valence-corrected chi connectivity index (χ2v) is 13.3. The second-order valence-electron chi connectivity index (χ2n) is 11.0. The Bertz CT molecular complexity index is 1810. The standard InChI is InChI=1S/C29H34F2N7O9PS/c1-4-43-20-7-5-19(6-8-20)38-13-22(26(36-38)25-21(30)9-10-24(31)35-25)33-27(39)23-14-49-28(34-23)18-11-32-37(12-18)15-45-48(41,42)46-16-44-29(40)47-17(2)3/h9-14,17,19-20H,4-8,15-16H2,1-3H3,(H,33,39)(H,41,42).